The molecule has 9 nitrogen and oxygen atoms in total. The molecule has 1 aliphatic heterocycles. The fourth-order valence-electron chi connectivity index (χ4n) is 2.37. The summed E-state index contributed by atoms with van der Waals surface area (Å²) in [5.41, 5.74) is 6.46. The third-order valence-corrected chi connectivity index (χ3v) is 3.41. The highest BCUT2D eigenvalue weighted by Crippen LogP contribution is 2.33. The van der Waals surface area contributed by atoms with Crippen molar-refractivity contribution in [1.29, 1.82) is 0 Å². The van der Waals surface area contributed by atoms with Crippen LogP contribution in [-0.4, -0.2) is 59.3 Å². The van der Waals surface area contributed by atoms with Crippen molar-refractivity contribution in [2.75, 3.05) is 5.73 Å². The minimum atomic E-state index is -1.21. The molecule has 0 amide bonds. The first-order valence-corrected chi connectivity index (χ1v) is 6.13. The second-order valence-corrected chi connectivity index (χ2v) is 4.80. The number of fused-ring (bicyclic) bond motifs is 1. The summed E-state index contributed by atoms with van der Waals surface area (Å²) in [7, 11) is 0. The molecule has 0 saturated carbocycles. The molecule has 2 aromatic rings. The summed E-state index contributed by atoms with van der Waals surface area (Å²) in [6.07, 6.45) is -2.42. The Kier molecular flexibility index (Phi) is 3.05. The van der Waals surface area contributed by atoms with Crippen molar-refractivity contribution in [2.45, 2.75) is 37.6 Å². The summed E-state index contributed by atoms with van der Waals surface area (Å²) < 4.78 is 6.97. The average molecular weight is 281 g/mol. The maximum absolute atomic E-state index is 10.1. The molecule has 3 heterocycles. The summed E-state index contributed by atoms with van der Waals surface area (Å²) >= 11 is 0. The van der Waals surface area contributed by atoms with Crippen LogP contribution in [0.3, 0.4) is 0 Å². The fourth-order valence-corrected chi connectivity index (χ4v) is 2.37. The van der Waals surface area contributed by atoms with Crippen molar-refractivity contribution in [3.8, 4) is 0 Å². The second-order valence-electron chi connectivity index (χ2n) is 4.80. The third-order valence-electron chi connectivity index (χ3n) is 3.41. The summed E-state index contributed by atoms with van der Waals surface area (Å²) in [4.78, 5) is 11.9. The molecule has 0 aliphatic carbocycles. The number of anilines is 1. The van der Waals surface area contributed by atoms with Crippen LogP contribution in [0.1, 0.15) is 13.2 Å². The predicted molar refractivity (Wildman–Crippen MR) is 67.3 cm³/mol. The number of aliphatic hydroxyl groups is 3. The zero-order valence-electron chi connectivity index (χ0n) is 10.7. The van der Waals surface area contributed by atoms with Gasteiger partial charge in [0.25, 0.3) is 0 Å². The SMILES string of the molecule is CC(O)C1OC(n2cnc3c(N)ncnc32)[C@H](O)[C@@H]1O. The third kappa shape index (κ3) is 1.83. The molecule has 20 heavy (non-hydrogen) atoms. The van der Waals surface area contributed by atoms with E-state index in [2.05, 4.69) is 15.0 Å². The van der Waals surface area contributed by atoms with Gasteiger partial charge in [0.05, 0.1) is 12.4 Å². The first-order valence-electron chi connectivity index (χ1n) is 6.13. The van der Waals surface area contributed by atoms with E-state index in [1.54, 1.807) is 0 Å². The maximum atomic E-state index is 10.1. The highest BCUT2D eigenvalue weighted by atomic mass is 16.6. The van der Waals surface area contributed by atoms with Crippen LogP contribution in [0.4, 0.5) is 5.82 Å². The number of nitrogen functional groups attached to an aromatic ring is 1. The van der Waals surface area contributed by atoms with E-state index in [-0.39, 0.29) is 5.82 Å². The van der Waals surface area contributed by atoms with Crippen LogP contribution in [0.5, 0.6) is 0 Å². The van der Waals surface area contributed by atoms with Gasteiger partial charge >= 0.3 is 0 Å². The number of nitrogens with zero attached hydrogens (tertiary/aromatic N) is 4. The van der Waals surface area contributed by atoms with Crippen LogP contribution in [0, 0.1) is 0 Å². The lowest BCUT2D eigenvalue weighted by Crippen LogP contribution is -2.37. The van der Waals surface area contributed by atoms with Crippen molar-refractivity contribution < 1.29 is 20.1 Å². The molecule has 1 fully saturated rings. The Balaban J connectivity index is 2.02. The molecule has 5 N–H and O–H groups in total. The van der Waals surface area contributed by atoms with Gasteiger partial charge in [-0.05, 0) is 6.92 Å². The molecule has 5 atom stereocenters. The first-order chi connectivity index (χ1) is 9.50. The lowest BCUT2D eigenvalue weighted by atomic mass is 10.1. The Bertz CT molecular complexity index is 630. The minimum absolute atomic E-state index is 0.217. The summed E-state index contributed by atoms with van der Waals surface area (Å²) in [5, 5.41) is 29.5. The van der Waals surface area contributed by atoms with Gasteiger partial charge in [-0.25, -0.2) is 15.0 Å². The van der Waals surface area contributed by atoms with Crippen molar-refractivity contribution >= 4 is 17.0 Å². The number of nitrogens with two attached hydrogens (primary N) is 1. The first kappa shape index (κ1) is 13.2. The van der Waals surface area contributed by atoms with E-state index in [0.29, 0.717) is 11.2 Å². The van der Waals surface area contributed by atoms with Crippen LogP contribution in [0.25, 0.3) is 11.2 Å². The Morgan fingerprint density at radius 3 is 2.70 bits per heavy atom. The molecule has 9 heteroatoms. The topological polar surface area (TPSA) is 140 Å². The lowest BCUT2D eigenvalue weighted by Gasteiger charge is -2.17. The van der Waals surface area contributed by atoms with Crippen LogP contribution >= 0.6 is 0 Å². The van der Waals surface area contributed by atoms with E-state index < -0.39 is 30.6 Å². The number of imidazole rings is 1. The van der Waals surface area contributed by atoms with E-state index in [1.807, 2.05) is 0 Å². The number of rotatable bonds is 2. The molecule has 0 spiro atoms. The fraction of sp³-hybridized carbons (Fsp3) is 0.545. The highest BCUT2D eigenvalue weighted by Gasteiger charge is 2.46. The molecule has 0 aromatic carbocycles. The quantitative estimate of drug-likeness (QED) is 0.516. The van der Waals surface area contributed by atoms with Crippen molar-refractivity contribution in [3.63, 3.8) is 0 Å². The van der Waals surface area contributed by atoms with E-state index >= 15 is 0 Å². The Morgan fingerprint density at radius 1 is 1.30 bits per heavy atom. The lowest BCUT2D eigenvalue weighted by molar-refractivity contribution is -0.0777. The van der Waals surface area contributed by atoms with Gasteiger partial charge in [-0.2, -0.15) is 0 Å². The van der Waals surface area contributed by atoms with E-state index in [0.717, 1.165) is 0 Å². The van der Waals surface area contributed by atoms with Crippen molar-refractivity contribution in [1.82, 2.24) is 19.5 Å². The molecule has 0 bridgehead atoms. The molecular weight excluding hydrogens is 266 g/mol. The van der Waals surface area contributed by atoms with Gasteiger partial charge in [-0.3, -0.25) is 4.57 Å². The summed E-state index contributed by atoms with van der Waals surface area (Å²) in [6.45, 7) is 1.48. The van der Waals surface area contributed by atoms with Gasteiger partial charge < -0.3 is 25.8 Å². The Morgan fingerprint density at radius 2 is 2.05 bits per heavy atom. The number of aliphatic hydroxyl groups excluding tert-OH is 3. The average Bonchev–Trinajstić information content (AvgIpc) is 2.94. The number of aromatic nitrogens is 4. The Labute approximate surface area is 113 Å². The zero-order chi connectivity index (χ0) is 14.4. The standard InChI is InChI=1S/C11H15N5O4/c1-4(17)8-6(18)7(19)11(20-8)16-3-15-5-9(12)13-2-14-10(5)16/h2-4,6-8,11,17-19H,1H3,(H2,12,13,14)/t4?,6-,7+,8?,11?/m0/s1. The molecule has 3 rings (SSSR count). The summed E-state index contributed by atoms with van der Waals surface area (Å²) in [5.74, 6) is 0.217. The van der Waals surface area contributed by atoms with Gasteiger partial charge in [0, 0.05) is 0 Å². The van der Waals surface area contributed by atoms with Crippen molar-refractivity contribution in [3.05, 3.63) is 12.7 Å². The summed E-state index contributed by atoms with van der Waals surface area (Å²) in [6, 6.07) is 0. The molecular formula is C11H15N5O4. The van der Waals surface area contributed by atoms with Crippen LogP contribution in [0.2, 0.25) is 0 Å². The Hall–Kier alpha value is -1.81. The van der Waals surface area contributed by atoms with Gasteiger partial charge in [-0.1, -0.05) is 0 Å². The van der Waals surface area contributed by atoms with Crippen LogP contribution in [-0.2, 0) is 4.74 Å². The van der Waals surface area contributed by atoms with E-state index in [4.69, 9.17) is 10.5 Å². The van der Waals surface area contributed by atoms with Gasteiger partial charge in [0.1, 0.15) is 30.2 Å². The normalized spacial score (nSPS) is 31.8. The number of hydrogen-bond acceptors (Lipinski definition) is 8. The van der Waals surface area contributed by atoms with E-state index in [9.17, 15) is 15.3 Å². The smallest absolute Gasteiger partial charge is 0.167 e. The predicted octanol–water partition coefficient (Wildman–Crippen LogP) is -1.59. The van der Waals surface area contributed by atoms with Crippen molar-refractivity contribution in [2.24, 2.45) is 0 Å². The van der Waals surface area contributed by atoms with Gasteiger partial charge in [0.2, 0.25) is 0 Å². The van der Waals surface area contributed by atoms with E-state index in [1.165, 1.54) is 24.1 Å². The maximum Gasteiger partial charge on any atom is 0.167 e. The monoisotopic (exact) mass is 281 g/mol. The van der Waals surface area contributed by atoms with Gasteiger partial charge in [0.15, 0.2) is 17.7 Å². The molecule has 108 valence electrons. The zero-order valence-corrected chi connectivity index (χ0v) is 10.7. The highest BCUT2D eigenvalue weighted by molar-refractivity contribution is 5.81. The van der Waals surface area contributed by atoms with Gasteiger partial charge in [-0.15, -0.1) is 0 Å². The molecule has 1 saturated heterocycles. The second kappa shape index (κ2) is 4.63. The number of ether oxygens (including phenoxy) is 1. The molecule has 2 aromatic heterocycles. The van der Waals surface area contributed by atoms with Crippen LogP contribution in [0.15, 0.2) is 12.7 Å². The molecule has 3 unspecified atom stereocenters. The van der Waals surface area contributed by atoms with Crippen LogP contribution < -0.4 is 5.73 Å². The minimum Gasteiger partial charge on any atom is -0.391 e. The molecule has 0 radical (unpaired) electrons. The largest absolute Gasteiger partial charge is 0.391 e. The molecule has 1 aliphatic rings. The number of hydrogen-bond donors (Lipinski definition) is 4.